The lowest BCUT2D eigenvalue weighted by Gasteiger charge is -2.24. The van der Waals surface area contributed by atoms with E-state index in [2.05, 4.69) is 15.4 Å². The van der Waals surface area contributed by atoms with Gasteiger partial charge in [0.25, 0.3) is 0 Å². The van der Waals surface area contributed by atoms with Crippen LogP contribution in [0, 0.1) is 0 Å². The summed E-state index contributed by atoms with van der Waals surface area (Å²) in [5.41, 5.74) is 9.10. The molecule has 0 radical (unpaired) electrons. The van der Waals surface area contributed by atoms with Crippen molar-refractivity contribution in [2.24, 2.45) is 5.73 Å². The maximum absolute atomic E-state index is 13.8. The Hall–Kier alpha value is -4.51. The fourth-order valence-corrected chi connectivity index (χ4v) is 5.82. The maximum Gasteiger partial charge on any atom is 0.243 e. The summed E-state index contributed by atoms with van der Waals surface area (Å²) in [6.45, 7) is 3.06. The van der Waals surface area contributed by atoms with E-state index in [-0.39, 0.29) is 24.3 Å². The minimum atomic E-state index is -4.05. The Bertz CT molecular complexity index is 1600. The first-order valence-corrected chi connectivity index (χ1v) is 15.9. The van der Waals surface area contributed by atoms with Crippen molar-refractivity contribution in [3.05, 3.63) is 131 Å². The Morgan fingerprint density at radius 3 is 1.86 bits per heavy atom. The van der Waals surface area contributed by atoms with Gasteiger partial charge in [0.1, 0.15) is 17.8 Å². The lowest BCUT2D eigenvalue weighted by Crippen LogP contribution is -2.55. The van der Waals surface area contributed by atoms with Crippen molar-refractivity contribution in [3.8, 4) is 5.75 Å². The molecule has 4 aromatic rings. The third kappa shape index (κ3) is 9.50. The molecular weight excluding hydrogens is 576 g/mol. The zero-order valence-electron chi connectivity index (χ0n) is 24.6. The molecule has 0 aliphatic carbocycles. The number of hydrogen-bond acceptors (Lipinski definition) is 6. The smallest absolute Gasteiger partial charge is 0.243 e. The summed E-state index contributed by atoms with van der Waals surface area (Å²) >= 11 is 0. The highest BCUT2D eigenvalue weighted by Crippen LogP contribution is 2.16. The van der Waals surface area contributed by atoms with Gasteiger partial charge in [-0.05, 0) is 59.9 Å². The molecule has 4 rings (SSSR count). The molecule has 0 saturated carbocycles. The van der Waals surface area contributed by atoms with E-state index >= 15 is 0 Å². The van der Waals surface area contributed by atoms with E-state index in [1.165, 1.54) is 12.1 Å². The average molecular weight is 615 g/mol. The number of amides is 2. The molecule has 0 spiro atoms. The van der Waals surface area contributed by atoms with Gasteiger partial charge < -0.3 is 21.1 Å². The van der Waals surface area contributed by atoms with Gasteiger partial charge in [-0.2, -0.15) is 4.72 Å². The summed E-state index contributed by atoms with van der Waals surface area (Å²) in [5.74, 6) is -0.350. The van der Waals surface area contributed by atoms with Crippen LogP contribution >= 0.6 is 0 Å². The molecule has 0 heterocycles. The fourth-order valence-electron chi connectivity index (χ4n) is 4.60. The fraction of sp³-hybridized carbons (Fsp3) is 0.235. The van der Waals surface area contributed by atoms with E-state index in [0.717, 1.165) is 16.7 Å². The quantitative estimate of drug-likeness (QED) is 0.162. The molecule has 10 heteroatoms. The number of rotatable bonds is 15. The van der Waals surface area contributed by atoms with E-state index in [1.54, 1.807) is 42.5 Å². The molecule has 0 aliphatic rings. The molecule has 5 N–H and O–H groups in total. The molecule has 1 unspecified atom stereocenters. The van der Waals surface area contributed by atoms with Gasteiger partial charge in [-0.25, -0.2) is 8.42 Å². The predicted octanol–water partition coefficient (Wildman–Crippen LogP) is 3.48. The van der Waals surface area contributed by atoms with Gasteiger partial charge in [0.15, 0.2) is 0 Å². The SMILES string of the molecule is CCOc1ccc(CC(NS(=O)(=O)c2ccccc2)C(=O)N[C@@H](Cc2ccccc2)C(=O)NCc2ccc(CN)cc2)cc1. The number of nitrogens with one attached hydrogen (secondary N) is 3. The summed E-state index contributed by atoms with van der Waals surface area (Å²) in [6.07, 6.45) is 0.267. The third-order valence-electron chi connectivity index (χ3n) is 6.98. The minimum Gasteiger partial charge on any atom is -0.494 e. The van der Waals surface area contributed by atoms with Crippen molar-refractivity contribution in [2.75, 3.05) is 6.61 Å². The Kier molecular flexibility index (Phi) is 11.6. The van der Waals surface area contributed by atoms with Crippen LogP contribution in [-0.2, 0) is 45.5 Å². The van der Waals surface area contributed by atoms with E-state index in [0.29, 0.717) is 24.5 Å². The van der Waals surface area contributed by atoms with Crippen molar-refractivity contribution >= 4 is 21.8 Å². The molecule has 44 heavy (non-hydrogen) atoms. The molecule has 2 atom stereocenters. The zero-order chi connectivity index (χ0) is 31.4. The van der Waals surface area contributed by atoms with Crippen molar-refractivity contribution in [1.29, 1.82) is 0 Å². The molecular formula is C34H38N4O5S. The second-order valence-electron chi connectivity index (χ2n) is 10.3. The average Bonchev–Trinajstić information content (AvgIpc) is 3.05. The van der Waals surface area contributed by atoms with Gasteiger partial charge in [0, 0.05) is 19.5 Å². The largest absolute Gasteiger partial charge is 0.494 e. The lowest BCUT2D eigenvalue weighted by molar-refractivity contribution is -0.129. The Balaban J connectivity index is 1.56. The Morgan fingerprint density at radius 2 is 1.25 bits per heavy atom. The van der Waals surface area contributed by atoms with E-state index in [4.69, 9.17) is 10.5 Å². The molecule has 4 aromatic carbocycles. The van der Waals surface area contributed by atoms with Crippen LogP contribution in [0.2, 0.25) is 0 Å². The molecule has 0 bridgehead atoms. The number of sulfonamides is 1. The van der Waals surface area contributed by atoms with Gasteiger partial charge in [-0.15, -0.1) is 0 Å². The summed E-state index contributed by atoms with van der Waals surface area (Å²) in [6, 6.07) is 29.7. The van der Waals surface area contributed by atoms with Crippen molar-refractivity contribution in [3.63, 3.8) is 0 Å². The van der Waals surface area contributed by atoms with Crippen LogP contribution < -0.4 is 25.8 Å². The molecule has 2 amide bonds. The highest BCUT2D eigenvalue weighted by atomic mass is 32.2. The number of ether oxygens (including phenoxy) is 1. The summed E-state index contributed by atoms with van der Waals surface area (Å²) in [7, 11) is -4.05. The third-order valence-corrected chi connectivity index (χ3v) is 8.47. The van der Waals surface area contributed by atoms with Crippen LogP contribution in [0.3, 0.4) is 0 Å². The van der Waals surface area contributed by atoms with E-state index in [1.807, 2.05) is 61.5 Å². The van der Waals surface area contributed by atoms with E-state index < -0.39 is 33.9 Å². The van der Waals surface area contributed by atoms with Crippen LogP contribution in [0.15, 0.2) is 114 Å². The lowest BCUT2D eigenvalue weighted by atomic mass is 10.0. The van der Waals surface area contributed by atoms with Gasteiger partial charge in [0.2, 0.25) is 21.8 Å². The van der Waals surface area contributed by atoms with Gasteiger partial charge >= 0.3 is 0 Å². The highest BCUT2D eigenvalue weighted by molar-refractivity contribution is 7.89. The number of hydrogen-bond donors (Lipinski definition) is 4. The highest BCUT2D eigenvalue weighted by Gasteiger charge is 2.30. The number of benzene rings is 4. The molecule has 0 fully saturated rings. The molecule has 9 nitrogen and oxygen atoms in total. The second-order valence-corrected chi connectivity index (χ2v) is 12.0. The molecule has 230 valence electrons. The maximum atomic E-state index is 13.8. The second kappa shape index (κ2) is 15.8. The van der Waals surface area contributed by atoms with Gasteiger partial charge in [0.05, 0.1) is 11.5 Å². The molecule has 0 saturated heterocycles. The van der Waals surface area contributed by atoms with Crippen molar-refractivity contribution < 1.29 is 22.7 Å². The summed E-state index contributed by atoms with van der Waals surface area (Å²) in [5, 5.41) is 5.73. The summed E-state index contributed by atoms with van der Waals surface area (Å²) < 4.78 is 34.7. The first-order valence-electron chi connectivity index (χ1n) is 14.5. The summed E-state index contributed by atoms with van der Waals surface area (Å²) in [4.78, 5) is 27.3. The number of carbonyl (C=O) groups excluding carboxylic acids is 2. The Labute approximate surface area is 258 Å². The minimum absolute atomic E-state index is 0.0312. The van der Waals surface area contributed by atoms with Crippen LogP contribution in [0.5, 0.6) is 5.75 Å². The zero-order valence-corrected chi connectivity index (χ0v) is 25.4. The van der Waals surface area contributed by atoms with Gasteiger partial charge in [-0.1, -0.05) is 84.9 Å². The van der Waals surface area contributed by atoms with Crippen LogP contribution in [0.1, 0.15) is 29.2 Å². The van der Waals surface area contributed by atoms with Crippen LogP contribution in [-0.4, -0.2) is 38.9 Å². The Morgan fingerprint density at radius 1 is 0.705 bits per heavy atom. The first kappa shape index (κ1) is 32.4. The monoisotopic (exact) mass is 614 g/mol. The predicted molar refractivity (Wildman–Crippen MR) is 170 cm³/mol. The van der Waals surface area contributed by atoms with Crippen LogP contribution in [0.4, 0.5) is 0 Å². The normalized spacial score (nSPS) is 12.6. The standard InChI is InChI=1S/C34H38N4O5S/c1-2-43-29-19-17-26(18-20-29)22-32(38-44(41,42)30-11-7-4-8-12-30)34(40)37-31(21-25-9-5-3-6-10-25)33(39)36-24-28-15-13-27(23-35)14-16-28/h3-20,31-32,38H,2,21-24,35H2,1H3,(H,36,39)(H,37,40)/t31-,32?/m0/s1. The van der Waals surface area contributed by atoms with Gasteiger partial charge in [-0.3, -0.25) is 9.59 Å². The molecule has 0 aliphatic heterocycles. The van der Waals surface area contributed by atoms with E-state index in [9.17, 15) is 18.0 Å². The van der Waals surface area contributed by atoms with Crippen molar-refractivity contribution in [1.82, 2.24) is 15.4 Å². The van der Waals surface area contributed by atoms with Crippen molar-refractivity contribution in [2.45, 2.75) is 49.8 Å². The number of carbonyl (C=O) groups is 2. The number of nitrogens with two attached hydrogens (primary N) is 1. The molecule has 0 aromatic heterocycles. The topological polar surface area (TPSA) is 140 Å². The van der Waals surface area contributed by atoms with Crippen LogP contribution in [0.25, 0.3) is 0 Å². The first-order chi connectivity index (χ1) is 21.3.